The first-order valence-electron chi connectivity index (χ1n) is 8.08. The Morgan fingerprint density at radius 1 is 1.10 bits per heavy atom. The summed E-state index contributed by atoms with van der Waals surface area (Å²) in [6, 6.07) is 7.93. The van der Waals surface area contributed by atoms with Gasteiger partial charge < -0.3 is 5.32 Å². The molecule has 20 heavy (non-hydrogen) atoms. The van der Waals surface area contributed by atoms with Gasteiger partial charge in [-0.3, -0.25) is 4.79 Å². The van der Waals surface area contributed by atoms with Crippen LogP contribution in [0.2, 0.25) is 0 Å². The number of carbonyl (C=O) groups excluding carboxylic acids is 1. The summed E-state index contributed by atoms with van der Waals surface area (Å²) in [6.07, 6.45) is 6.57. The maximum Gasteiger partial charge on any atom is 0.162 e. The summed E-state index contributed by atoms with van der Waals surface area (Å²) in [4.78, 5) is 11.9. The van der Waals surface area contributed by atoms with Crippen molar-refractivity contribution in [2.75, 3.05) is 11.9 Å². The number of carbonyl (C=O) groups is 1. The van der Waals surface area contributed by atoms with Gasteiger partial charge in [0, 0.05) is 24.2 Å². The average molecular weight is 275 g/mol. The van der Waals surface area contributed by atoms with E-state index in [9.17, 15) is 4.79 Å². The zero-order valence-electron chi connectivity index (χ0n) is 13.2. The highest BCUT2D eigenvalue weighted by Crippen LogP contribution is 2.17. The number of anilines is 1. The van der Waals surface area contributed by atoms with Gasteiger partial charge in [-0.25, -0.2) is 0 Å². The van der Waals surface area contributed by atoms with Crippen LogP contribution in [-0.2, 0) is 0 Å². The van der Waals surface area contributed by atoms with Gasteiger partial charge in [0.1, 0.15) is 0 Å². The zero-order valence-corrected chi connectivity index (χ0v) is 13.2. The molecule has 1 N–H and O–H groups in total. The Labute approximate surface area is 124 Å². The van der Waals surface area contributed by atoms with Gasteiger partial charge in [-0.1, -0.05) is 45.7 Å². The van der Waals surface area contributed by atoms with Crippen LogP contribution >= 0.6 is 0 Å². The summed E-state index contributed by atoms with van der Waals surface area (Å²) >= 11 is 0. The molecule has 0 amide bonds. The lowest BCUT2D eigenvalue weighted by Gasteiger charge is -2.17. The van der Waals surface area contributed by atoms with E-state index in [2.05, 4.69) is 25.2 Å². The molecule has 1 rings (SSSR count). The van der Waals surface area contributed by atoms with Crippen LogP contribution in [0.15, 0.2) is 24.3 Å². The maximum absolute atomic E-state index is 11.9. The molecule has 0 radical (unpaired) electrons. The Kier molecular flexibility index (Phi) is 8.01. The summed E-state index contributed by atoms with van der Waals surface area (Å²) in [5, 5.41) is 3.50. The van der Waals surface area contributed by atoms with Crippen molar-refractivity contribution in [3.8, 4) is 0 Å². The van der Waals surface area contributed by atoms with Gasteiger partial charge in [-0.15, -0.1) is 0 Å². The largest absolute Gasteiger partial charge is 0.385 e. The van der Waals surface area contributed by atoms with Crippen molar-refractivity contribution in [3.63, 3.8) is 0 Å². The average Bonchev–Trinajstić information content (AvgIpc) is 2.46. The van der Waals surface area contributed by atoms with Gasteiger partial charge in [0.15, 0.2) is 5.78 Å². The molecule has 2 heteroatoms. The molecule has 0 atom stereocenters. The second-order valence-electron chi connectivity index (χ2n) is 5.58. The normalized spacial score (nSPS) is 10.8. The second kappa shape index (κ2) is 9.57. The van der Waals surface area contributed by atoms with E-state index < -0.39 is 0 Å². The van der Waals surface area contributed by atoms with E-state index >= 15 is 0 Å². The van der Waals surface area contributed by atoms with E-state index in [0.29, 0.717) is 6.42 Å². The lowest BCUT2D eigenvalue weighted by molar-refractivity contribution is 0.0982. The van der Waals surface area contributed by atoms with Crippen LogP contribution in [0, 0.1) is 5.92 Å². The SMILES string of the molecule is CCCC(=O)c1cccc(NCC(CCC)CCC)c1. The lowest BCUT2D eigenvalue weighted by Crippen LogP contribution is -2.14. The molecule has 1 aromatic carbocycles. The minimum atomic E-state index is 0.245. The van der Waals surface area contributed by atoms with E-state index in [-0.39, 0.29) is 5.78 Å². The van der Waals surface area contributed by atoms with Crippen LogP contribution in [0.25, 0.3) is 0 Å². The number of Topliss-reactive ketones (excluding diaryl/α,β-unsaturated/α-hetero) is 1. The van der Waals surface area contributed by atoms with Crippen molar-refractivity contribution < 1.29 is 4.79 Å². The third kappa shape index (κ3) is 5.77. The summed E-state index contributed by atoms with van der Waals surface area (Å²) < 4.78 is 0. The molecule has 0 aliphatic rings. The van der Waals surface area contributed by atoms with Crippen molar-refractivity contribution >= 4 is 11.5 Å². The number of nitrogens with one attached hydrogen (secondary N) is 1. The highest BCUT2D eigenvalue weighted by Gasteiger charge is 2.08. The monoisotopic (exact) mass is 275 g/mol. The van der Waals surface area contributed by atoms with Crippen molar-refractivity contribution in [1.29, 1.82) is 0 Å². The summed E-state index contributed by atoms with van der Waals surface area (Å²) in [5.74, 6) is 0.981. The van der Waals surface area contributed by atoms with Crippen molar-refractivity contribution in [2.45, 2.75) is 59.3 Å². The van der Waals surface area contributed by atoms with Crippen LogP contribution in [0.1, 0.15) is 69.7 Å². The summed E-state index contributed by atoms with van der Waals surface area (Å²) in [5.41, 5.74) is 1.91. The molecule has 0 saturated heterocycles. The van der Waals surface area contributed by atoms with Gasteiger partial charge in [0.25, 0.3) is 0 Å². The molecule has 0 bridgehead atoms. The second-order valence-corrected chi connectivity index (χ2v) is 5.58. The molecule has 1 aromatic rings. The van der Waals surface area contributed by atoms with Gasteiger partial charge in [-0.2, -0.15) is 0 Å². The smallest absolute Gasteiger partial charge is 0.162 e. The highest BCUT2D eigenvalue weighted by molar-refractivity contribution is 5.96. The quantitative estimate of drug-likeness (QED) is 0.587. The van der Waals surface area contributed by atoms with Crippen LogP contribution < -0.4 is 5.32 Å². The number of ketones is 1. The van der Waals surface area contributed by atoms with E-state index in [4.69, 9.17) is 0 Å². The molecule has 0 spiro atoms. The third-order valence-corrected chi connectivity index (χ3v) is 3.65. The van der Waals surface area contributed by atoms with Gasteiger partial charge in [0.2, 0.25) is 0 Å². The fourth-order valence-electron chi connectivity index (χ4n) is 2.60. The van der Waals surface area contributed by atoms with E-state index in [0.717, 1.165) is 30.1 Å². The predicted octanol–water partition coefficient (Wildman–Crippen LogP) is 5.30. The van der Waals surface area contributed by atoms with E-state index in [1.807, 2.05) is 25.1 Å². The van der Waals surface area contributed by atoms with Crippen molar-refractivity contribution in [3.05, 3.63) is 29.8 Å². The van der Waals surface area contributed by atoms with Crippen LogP contribution in [-0.4, -0.2) is 12.3 Å². The van der Waals surface area contributed by atoms with Crippen LogP contribution in [0.4, 0.5) is 5.69 Å². The van der Waals surface area contributed by atoms with Crippen LogP contribution in [0.3, 0.4) is 0 Å². The molecule has 0 unspecified atom stereocenters. The number of benzene rings is 1. The Balaban J connectivity index is 2.58. The number of hydrogen-bond donors (Lipinski definition) is 1. The molecule has 0 aliphatic heterocycles. The van der Waals surface area contributed by atoms with Crippen LogP contribution in [0.5, 0.6) is 0 Å². The Bertz CT molecular complexity index is 394. The Morgan fingerprint density at radius 2 is 1.80 bits per heavy atom. The fraction of sp³-hybridized carbons (Fsp3) is 0.611. The Morgan fingerprint density at radius 3 is 2.40 bits per heavy atom. The fourth-order valence-corrected chi connectivity index (χ4v) is 2.60. The molecular weight excluding hydrogens is 246 g/mol. The zero-order chi connectivity index (χ0) is 14.8. The van der Waals surface area contributed by atoms with E-state index in [1.165, 1.54) is 25.7 Å². The molecule has 0 saturated carbocycles. The minimum absolute atomic E-state index is 0.245. The minimum Gasteiger partial charge on any atom is -0.385 e. The molecule has 0 aromatic heterocycles. The molecule has 0 fully saturated rings. The third-order valence-electron chi connectivity index (χ3n) is 3.65. The number of hydrogen-bond acceptors (Lipinski definition) is 2. The van der Waals surface area contributed by atoms with Gasteiger partial charge in [0.05, 0.1) is 0 Å². The standard InChI is InChI=1S/C18H29NO/c1-4-8-15(9-5-2)14-19-17-12-7-11-16(13-17)18(20)10-6-3/h7,11-13,15,19H,4-6,8-10,14H2,1-3H3. The van der Waals surface area contributed by atoms with Crippen molar-refractivity contribution in [2.24, 2.45) is 5.92 Å². The first-order chi connectivity index (χ1) is 9.71. The lowest BCUT2D eigenvalue weighted by atomic mass is 9.98. The molecular formula is C18H29NO. The Hall–Kier alpha value is -1.31. The molecule has 112 valence electrons. The maximum atomic E-state index is 11.9. The van der Waals surface area contributed by atoms with Gasteiger partial charge in [-0.05, 0) is 37.3 Å². The molecule has 0 heterocycles. The topological polar surface area (TPSA) is 29.1 Å². The first kappa shape index (κ1) is 16.7. The first-order valence-corrected chi connectivity index (χ1v) is 8.08. The van der Waals surface area contributed by atoms with Gasteiger partial charge >= 0.3 is 0 Å². The predicted molar refractivity (Wildman–Crippen MR) is 87.5 cm³/mol. The molecule has 2 nitrogen and oxygen atoms in total. The number of rotatable bonds is 10. The van der Waals surface area contributed by atoms with Crippen molar-refractivity contribution in [1.82, 2.24) is 0 Å². The summed E-state index contributed by atoms with van der Waals surface area (Å²) in [7, 11) is 0. The summed E-state index contributed by atoms with van der Waals surface area (Å²) in [6.45, 7) is 7.53. The highest BCUT2D eigenvalue weighted by atomic mass is 16.1. The van der Waals surface area contributed by atoms with E-state index in [1.54, 1.807) is 0 Å². The molecule has 0 aliphatic carbocycles.